The number of rotatable bonds is 3. The molecule has 4 unspecified atom stereocenters. The molecule has 2 saturated heterocycles. The Morgan fingerprint density at radius 2 is 1.49 bits per heavy atom. The Morgan fingerprint density at radius 3 is 2.11 bits per heavy atom. The molecule has 6 N–H and O–H groups in total. The molecule has 1 spiro atoms. The van der Waals surface area contributed by atoms with Crippen LogP contribution in [-0.2, 0) is 28.6 Å². The third-order valence-corrected chi connectivity index (χ3v) is 13.8. The van der Waals surface area contributed by atoms with Gasteiger partial charge in [-0.3, -0.25) is 9.59 Å². The van der Waals surface area contributed by atoms with Crippen molar-refractivity contribution in [3.63, 3.8) is 0 Å². The molecule has 326 valence electrons. The minimum atomic E-state index is -2.28. The molecule has 0 aromatic carbocycles. The van der Waals surface area contributed by atoms with Crippen LogP contribution in [0.15, 0.2) is 36.5 Å². The van der Waals surface area contributed by atoms with Crippen molar-refractivity contribution in [1.82, 2.24) is 0 Å². The van der Waals surface area contributed by atoms with Gasteiger partial charge in [0.15, 0.2) is 11.6 Å². The number of hydrogen-bond acceptors (Lipinski definition) is 12. The van der Waals surface area contributed by atoms with Crippen LogP contribution in [-0.4, -0.2) is 108 Å². The fourth-order valence-electron chi connectivity index (χ4n) is 8.84. The van der Waals surface area contributed by atoms with E-state index >= 15 is 0 Å². The quantitative estimate of drug-likeness (QED) is 0.209. The smallest absolute Gasteiger partial charge is 0.330 e. The molecule has 0 radical (unpaired) electrons. The highest BCUT2D eigenvalue weighted by Crippen LogP contribution is 2.47. The van der Waals surface area contributed by atoms with Crippen molar-refractivity contribution in [1.29, 1.82) is 0 Å². The van der Waals surface area contributed by atoms with E-state index in [1.54, 1.807) is 32.9 Å². The summed E-state index contributed by atoms with van der Waals surface area (Å²) in [5.41, 5.74) is -4.20. The minimum Gasteiger partial charge on any atom is -0.459 e. The average Bonchev–Trinajstić information content (AvgIpc) is 3.15. The molecule has 0 aromatic heterocycles. The van der Waals surface area contributed by atoms with Crippen LogP contribution in [0.1, 0.15) is 121 Å². The molecule has 2 bridgehead atoms. The van der Waals surface area contributed by atoms with Gasteiger partial charge in [0.1, 0.15) is 23.1 Å². The van der Waals surface area contributed by atoms with Gasteiger partial charge in [-0.25, -0.2) is 4.79 Å². The molecule has 0 saturated carbocycles. The summed E-state index contributed by atoms with van der Waals surface area (Å²) < 4.78 is 19.6. The maximum atomic E-state index is 13.7. The third kappa shape index (κ3) is 11.5. The van der Waals surface area contributed by atoms with Crippen molar-refractivity contribution in [2.75, 3.05) is 0 Å². The highest BCUT2D eigenvalue weighted by Gasteiger charge is 2.55. The Balaban J connectivity index is 2.01. The molecule has 2 fully saturated rings. The van der Waals surface area contributed by atoms with Crippen LogP contribution >= 0.6 is 0 Å². The molecule has 12 heteroatoms. The van der Waals surface area contributed by atoms with E-state index in [1.165, 1.54) is 46.8 Å². The molecule has 18 atom stereocenters. The summed E-state index contributed by atoms with van der Waals surface area (Å²) in [4.78, 5) is 40.7. The Hall–Kier alpha value is -2.29. The SMILES string of the molecule is CC[C@H]1/C=C/C=C/C[C@@H](C)[C@](C)(O)[C@@](C)(O)C(=O)[C@@H](C)[C@H](O)[C@@H](C)C(=O)[C@@H](C)[C@H](O)[C@@H](C)/C=C/C(=O)OC2CC(CC1O)OC1(CC[C@H](C)[C@H](C[C@@H](C)O)O1)[C@H]2C. The van der Waals surface area contributed by atoms with Gasteiger partial charge >= 0.3 is 5.97 Å². The number of carbonyl (C=O) groups is 3. The topological polar surface area (TPSA) is 200 Å². The Kier molecular flexibility index (Phi) is 17.5. The van der Waals surface area contributed by atoms with Crippen molar-refractivity contribution in [2.45, 2.75) is 181 Å². The molecule has 3 aliphatic rings. The van der Waals surface area contributed by atoms with Crippen LogP contribution in [0.25, 0.3) is 0 Å². The van der Waals surface area contributed by atoms with Crippen LogP contribution in [0.4, 0.5) is 0 Å². The van der Waals surface area contributed by atoms with E-state index in [9.17, 15) is 45.0 Å². The van der Waals surface area contributed by atoms with Crippen molar-refractivity contribution in [2.24, 2.45) is 47.3 Å². The maximum absolute atomic E-state index is 13.7. The summed E-state index contributed by atoms with van der Waals surface area (Å²) >= 11 is 0. The lowest BCUT2D eigenvalue weighted by atomic mass is 9.69. The van der Waals surface area contributed by atoms with Crippen LogP contribution < -0.4 is 0 Å². The van der Waals surface area contributed by atoms with Crippen molar-refractivity contribution in [3.8, 4) is 0 Å². The standard InChI is InChI=1S/C45H74O12/c1-12-33-17-15-13-14-16-27(4)43(10,53)44(11,54)42(52)31(8)41(51)30(7)40(50)29(6)39(49)26(3)18-19-38(48)55-37-24-34(23-35(33)47)56-45(32(37)9)21-20-25(2)36(57-45)22-28(5)46/h13-15,17-19,25-37,39,41,46-47,49,51,53-54H,12,16,20-24H2,1-11H3/b14-13+,17-15+,19-18+/t25-,26-,27+,28+,29-,30-,31-,32-,33-,34?,35?,36-,37?,39+,41+,43-,44-,45?/m0/s1. The molecule has 0 aliphatic carbocycles. The van der Waals surface area contributed by atoms with Gasteiger partial charge in [-0.2, -0.15) is 0 Å². The summed E-state index contributed by atoms with van der Waals surface area (Å²) in [6, 6.07) is 0. The van der Waals surface area contributed by atoms with Gasteiger partial charge in [-0.05, 0) is 58.3 Å². The summed E-state index contributed by atoms with van der Waals surface area (Å²) in [5.74, 6) is -8.18. The lowest BCUT2D eigenvalue weighted by Gasteiger charge is -2.53. The molecule has 0 amide bonds. The number of carbonyl (C=O) groups excluding carboxylic acids is 3. The van der Waals surface area contributed by atoms with E-state index in [0.29, 0.717) is 32.1 Å². The highest BCUT2D eigenvalue weighted by molar-refractivity contribution is 5.92. The normalized spacial score (nSPS) is 47.5. The number of hydrogen-bond donors (Lipinski definition) is 6. The summed E-state index contributed by atoms with van der Waals surface area (Å²) in [6.07, 6.45) is 7.59. The Morgan fingerprint density at radius 1 is 0.860 bits per heavy atom. The van der Waals surface area contributed by atoms with Crippen LogP contribution in [0.3, 0.4) is 0 Å². The number of Topliss-reactive ketones (excluding diaryl/α,β-unsaturated/α-hetero) is 2. The zero-order valence-electron chi connectivity index (χ0n) is 36.2. The number of allylic oxidation sites excluding steroid dienone is 3. The van der Waals surface area contributed by atoms with E-state index in [-0.39, 0.29) is 30.3 Å². The van der Waals surface area contributed by atoms with E-state index in [4.69, 9.17) is 14.2 Å². The number of ether oxygens (including phenoxy) is 3. The molecule has 0 aromatic rings. The monoisotopic (exact) mass is 807 g/mol. The minimum absolute atomic E-state index is 0.169. The first-order valence-electron chi connectivity index (χ1n) is 21.2. The van der Waals surface area contributed by atoms with Gasteiger partial charge in [0.2, 0.25) is 0 Å². The van der Waals surface area contributed by atoms with Gasteiger partial charge in [-0.15, -0.1) is 0 Å². The third-order valence-electron chi connectivity index (χ3n) is 13.8. The molecule has 3 heterocycles. The van der Waals surface area contributed by atoms with Crippen LogP contribution in [0.5, 0.6) is 0 Å². The zero-order valence-corrected chi connectivity index (χ0v) is 36.2. The first kappa shape index (κ1) is 49.1. The first-order chi connectivity index (χ1) is 26.4. The van der Waals surface area contributed by atoms with E-state index in [2.05, 4.69) is 6.92 Å². The van der Waals surface area contributed by atoms with Crippen molar-refractivity contribution < 1.29 is 59.2 Å². The van der Waals surface area contributed by atoms with Gasteiger partial charge in [-0.1, -0.05) is 85.8 Å². The van der Waals surface area contributed by atoms with Crippen molar-refractivity contribution in [3.05, 3.63) is 36.5 Å². The van der Waals surface area contributed by atoms with Gasteiger partial charge in [0.25, 0.3) is 0 Å². The summed E-state index contributed by atoms with van der Waals surface area (Å²) in [7, 11) is 0. The number of esters is 1. The Labute approximate surface area is 340 Å². The van der Waals surface area contributed by atoms with Gasteiger partial charge < -0.3 is 44.8 Å². The number of ketones is 2. The molecular formula is C45H74O12. The fraction of sp³-hybridized carbons (Fsp3) is 0.800. The summed E-state index contributed by atoms with van der Waals surface area (Å²) in [5, 5.41) is 67.3. The maximum Gasteiger partial charge on any atom is 0.330 e. The molecule has 57 heavy (non-hydrogen) atoms. The van der Waals surface area contributed by atoms with Crippen LogP contribution in [0, 0.1) is 47.3 Å². The van der Waals surface area contributed by atoms with E-state index in [0.717, 1.165) is 6.42 Å². The molecule has 3 rings (SSSR count). The second-order valence-corrected chi connectivity index (χ2v) is 18.2. The predicted molar refractivity (Wildman–Crippen MR) is 216 cm³/mol. The first-order valence-corrected chi connectivity index (χ1v) is 21.2. The Bertz CT molecular complexity index is 1430. The molecular weight excluding hydrogens is 732 g/mol. The number of fused-ring (bicyclic) bond motifs is 2. The van der Waals surface area contributed by atoms with E-state index in [1.807, 2.05) is 26.0 Å². The highest BCUT2D eigenvalue weighted by atomic mass is 16.7. The molecule has 3 aliphatic heterocycles. The lowest BCUT2D eigenvalue weighted by molar-refractivity contribution is -0.362. The van der Waals surface area contributed by atoms with E-state index < -0.39 is 101 Å². The van der Waals surface area contributed by atoms with Gasteiger partial charge in [0, 0.05) is 60.8 Å². The fourth-order valence-corrected chi connectivity index (χ4v) is 8.84. The molecule has 12 nitrogen and oxygen atoms in total. The van der Waals surface area contributed by atoms with Gasteiger partial charge in [0.05, 0.1) is 36.6 Å². The number of aliphatic hydroxyl groups excluding tert-OH is 4. The largest absolute Gasteiger partial charge is 0.459 e. The number of aliphatic hydroxyl groups is 6. The van der Waals surface area contributed by atoms with Crippen LogP contribution in [0.2, 0.25) is 0 Å². The van der Waals surface area contributed by atoms with Crippen molar-refractivity contribution >= 4 is 17.5 Å². The lowest BCUT2D eigenvalue weighted by Crippen LogP contribution is -2.61. The summed E-state index contributed by atoms with van der Waals surface area (Å²) in [6.45, 7) is 18.0. The zero-order chi connectivity index (χ0) is 43.2. The second-order valence-electron chi connectivity index (χ2n) is 18.2. The predicted octanol–water partition coefficient (Wildman–Crippen LogP) is 5.00. The average molecular weight is 807 g/mol. The second kappa shape index (κ2) is 20.3.